The van der Waals surface area contributed by atoms with Gasteiger partial charge in [0.25, 0.3) is 22.2 Å². The summed E-state index contributed by atoms with van der Waals surface area (Å²) in [5, 5.41) is 22.0. The van der Waals surface area contributed by atoms with Gasteiger partial charge in [-0.15, -0.1) is 5.10 Å². The van der Waals surface area contributed by atoms with Gasteiger partial charge in [0.2, 0.25) is 5.91 Å². The number of unbranched alkanes of at least 4 members (excludes halogenated alkanes) is 16. The van der Waals surface area contributed by atoms with E-state index in [0.717, 1.165) is 174 Å². The molecule has 3 heterocycles. The lowest BCUT2D eigenvalue weighted by Gasteiger charge is -2.36. The summed E-state index contributed by atoms with van der Waals surface area (Å²) in [6.07, 6.45) is 23.9. The van der Waals surface area contributed by atoms with Crippen LogP contribution < -0.4 is 27.6 Å². The monoisotopic (exact) mass is 1360 g/mol. The number of amides is 1. The summed E-state index contributed by atoms with van der Waals surface area (Å²) in [7, 11) is 0. The molecule has 538 valence electrons. The summed E-state index contributed by atoms with van der Waals surface area (Å²) in [5.74, 6) is -1.87. The van der Waals surface area contributed by atoms with E-state index in [9.17, 15) is 19.2 Å². The van der Waals surface area contributed by atoms with E-state index in [-0.39, 0.29) is 98.1 Å². The predicted octanol–water partition coefficient (Wildman–Crippen LogP) is 18.8. The van der Waals surface area contributed by atoms with Gasteiger partial charge in [-0.05, 0) is 159 Å². The molecule has 3 aromatic heterocycles. The first-order valence-electron chi connectivity index (χ1n) is 38.1. The highest BCUT2D eigenvalue weighted by atomic mass is 16.6. The van der Waals surface area contributed by atoms with Crippen molar-refractivity contribution in [3.63, 3.8) is 0 Å². The number of fused-ring (bicyclic) bond motifs is 4. The third kappa shape index (κ3) is 17.9. The minimum Gasteiger partial charge on any atom is -0.460 e. The van der Waals surface area contributed by atoms with Crippen LogP contribution in [0.25, 0.3) is 86.4 Å². The van der Waals surface area contributed by atoms with Crippen molar-refractivity contribution < 1.29 is 33.4 Å². The smallest absolute Gasteiger partial charge is 0.306 e. The number of rotatable bonds is 40. The number of pyridine rings is 2. The molecule has 0 saturated carbocycles. The van der Waals surface area contributed by atoms with Gasteiger partial charge in [-0.1, -0.05) is 173 Å². The fraction of sp³-hybridized carbons (Fsp3) is 0.634. The van der Waals surface area contributed by atoms with E-state index >= 15 is 19.2 Å². The average molecular weight is 1360 g/mol. The number of aromatic nitrogens is 5. The van der Waals surface area contributed by atoms with E-state index in [0.29, 0.717) is 67.0 Å². The molecule has 0 unspecified atom stereocenters. The molecular weight excluding hydrogens is 1240 g/mol. The van der Waals surface area contributed by atoms with Crippen LogP contribution in [0.1, 0.15) is 308 Å². The Hall–Kier alpha value is -7.30. The Kier molecular flexibility index (Phi) is 25.3. The topological polar surface area (TPSA) is 217 Å². The lowest BCUT2D eigenvalue weighted by Crippen LogP contribution is -2.50. The summed E-state index contributed by atoms with van der Waals surface area (Å²) in [5.41, 5.74) is -3.80. The van der Waals surface area contributed by atoms with Crippen molar-refractivity contribution in [3.8, 4) is 0 Å². The molecule has 9 aromatic rings. The van der Waals surface area contributed by atoms with Gasteiger partial charge in [-0.2, -0.15) is 0 Å². The number of nitrogens with zero attached hydrogens (tertiary/aromatic N) is 5. The first kappa shape index (κ1) is 75.9. The zero-order valence-corrected chi connectivity index (χ0v) is 62.2. The van der Waals surface area contributed by atoms with Gasteiger partial charge in [0.1, 0.15) is 22.3 Å². The standard InChI is InChI=1S/C82H114N6O11/c1-14-18-22-26-30-35-53(36-31-27-23-19-15-2)87-75(93)57-42-40-55-56-41-43-58-68-62(78(96)88(76(58)94)54(37-32-28-24-20-16-3)38-33-29-25-21-17-4)52-60-72(70(56)68)71-59(51-61(77(87)95)67(57)69(55)71)73-74(60)86(85-84-73)50-34-39-63(89)83-82(47-44-64(90)97-79(5,6)7,48-45-65(91)98-80(8,9)10)49-46-66(92)99-81(11,12)13/h40-43,51-54H,14-39,44-50H2,1-13H3,(H,83,89). The second-order valence-corrected chi connectivity index (χ2v) is 31.8. The van der Waals surface area contributed by atoms with Crippen molar-refractivity contribution in [3.05, 3.63) is 77.8 Å². The molecule has 17 nitrogen and oxygen atoms in total. The summed E-state index contributed by atoms with van der Waals surface area (Å²) in [6.45, 7) is 24.9. The van der Waals surface area contributed by atoms with E-state index in [4.69, 9.17) is 24.5 Å². The molecule has 0 aliphatic heterocycles. The SMILES string of the molecule is CCCCCCCC(CCCCCCC)n1c(=O)c2ccc3c4ccc5c(=O)n(C(CCCCCCC)CCCCCCC)c(=O)c6cc7c(c4c56)c4c(cc(c1=O)c2c34)c1nnn(CCCC(=O)NC(CCC(=O)OC(C)(C)C)(CCC(=O)OC(C)(C)C)CCC(=O)OC(C)(C)C)c71. The van der Waals surface area contributed by atoms with Gasteiger partial charge in [-0.3, -0.25) is 47.5 Å². The number of ether oxygens (including phenoxy) is 3. The number of esters is 3. The van der Waals surface area contributed by atoms with E-state index in [1.165, 1.54) is 0 Å². The fourth-order valence-corrected chi connectivity index (χ4v) is 15.7. The van der Waals surface area contributed by atoms with Crippen LogP contribution in [0.2, 0.25) is 0 Å². The lowest BCUT2D eigenvalue weighted by molar-refractivity contribution is -0.155. The van der Waals surface area contributed by atoms with Crippen LogP contribution in [0.15, 0.2) is 55.6 Å². The number of carbonyl (C=O) groups is 4. The molecule has 0 spiro atoms. The Labute approximate surface area is 584 Å². The fourth-order valence-electron chi connectivity index (χ4n) is 15.7. The third-order valence-electron chi connectivity index (χ3n) is 20.3. The molecule has 0 aliphatic carbocycles. The van der Waals surface area contributed by atoms with Crippen LogP contribution in [-0.4, -0.2) is 70.3 Å². The Morgan fingerprint density at radius 3 is 1.11 bits per heavy atom. The van der Waals surface area contributed by atoms with Crippen LogP contribution in [0.5, 0.6) is 0 Å². The molecule has 1 N–H and O–H groups in total. The molecular formula is C82H114N6O11. The van der Waals surface area contributed by atoms with Gasteiger partial charge < -0.3 is 19.5 Å². The Bertz CT molecular complexity index is 4380. The van der Waals surface area contributed by atoms with Crippen molar-refractivity contribution in [1.29, 1.82) is 0 Å². The second kappa shape index (κ2) is 33.0. The van der Waals surface area contributed by atoms with E-state index in [2.05, 4.69) is 33.0 Å². The highest BCUT2D eigenvalue weighted by Gasteiger charge is 2.37. The molecule has 9 rings (SSSR count). The summed E-state index contributed by atoms with van der Waals surface area (Å²) < 4.78 is 22.1. The first-order valence-corrected chi connectivity index (χ1v) is 38.1. The minimum absolute atomic E-state index is 0.0485. The quantitative estimate of drug-likeness (QED) is 0.0124. The number of carbonyl (C=O) groups excluding carboxylic acids is 4. The Balaban J connectivity index is 1.22. The van der Waals surface area contributed by atoms with Gasteiger partial charge >= 0.3 is 17.9 Å². The van der Waals surface area contributed by atoms with E-state index < -0.39 is 40.2 Å². The number of nitrogens with one attached hydrogen (secondary N) is 1. The van der Waals surface area contributed by atoms with Crippen molar-refractivity contribution in [2.24, 2.45) is 0 Å². The molecule has 1 amide bonds. The largest absolute Gasteiger partial charge is 0.460 e. The van der Waals surface area contributed by atoms with E-state index in [1.54, 1.807) is 76.1 Å². The van der Waals surface area contributed by atoms with Crippen LogP contribution in [0.4, 0.5) is 0 Å². The maximum Gasteiger partial charge on any atom is 0.306 e. The van der Waals surface area contributed by atoms with Crippen LogP contribution >= 0.6 is 0 Å². The average Bonchev–Trinajstić information content (AvgIpc) is 1.52. The Morgan fingerprint density at radius 1 is 0.404 bits per heavy atom. The van der Waals surface area contributed by atoms with Crippen molar-refractivity contribution >= 4 is 110 Å². The maximum absolute atomic E-state index is 15.9. The highest BCUT2D eigenvalue weighted by Crippen LogP contribution is 2.51. The first-order chi connectivity index (χ1) is 47.1. The molecule has 0 fully saturated rings. The van der Waals surface area contributed by atoms with E-state index in [1.807, 2.05) is 36.4 Å². The number of hydrogen-bond acceptors (Lipinski definition) is 13. The Morgan fingerprint density at radius 2 is 0.737 bits per heavy atom. The molecule has 99 heavy (non-hydrogen) atoms. The molecule has 0 aliphatic rings. The van der Waals surface area contributed by atoms with Crippen molar-refractivity contribution in [1.82, 2.24) is 29.4 Å². The minimum atomic E-state index is -1.25. The van der Waals surface area contributed by atoms with Crippen LogP contribution in [0.3, 0.4) is 0 Å². The molecule has 0 saturated heterocycles. The second-order valence-electron chi connectivity index (χ2n) is 31.8. The summed E-state index contributed by atoms with van der Waals surface area (Å²) in [6, 6.07) is 11.0. The molecule has 0 atom stereocenters. The summed E-state index contributed by atoms with van der Waals surface area (Å²) >= 11 is 0. The zero-order chi connectivity index (χ0) is 71.6. The highest BCUT2D eigenvalue weighted by molar-refractivity contribution is 6.48. The number of aryl methyl sites for hydroxylation is 1. The third-order valence-corrected chi connectivity index (χ3v) is 20.3. The maximum atomic E-state index is 15.9. The molecule has 6 aromatic carbocycles. The number of benzene rings is 6. The van der Waals surface area contributed by atoms with Crippen molar-refractivity contribution in [2.75, 3.05) is 0 Å². The molecule has 0 radical (unpaired) electrons. The lowest BCUT2D eigenvalue weighted by atomic mass is 9.82. The van der Waals surface area contributed by atoms with Gasteiger partial charge in [0.05, 0.1) is 5.52 Å². The van der Waals surface area contributed by atoms with Gasteiger partial charge in [0.15, 0.2) is 0 Å². The number of hydrogen-bond donors (Lipinski definition) is 1. The zero-order valence-electron chi connectivity index (χ0n) is 62.2. The van der Waals surface area contributed by atoms with Gasteiger partial charge in [0, 0.05) is 104 Å². The molecule has 17 heteroatoms. The van der Waals surface area contributed by atoms with Crippen LogP contribution in [-0.2, 0) is 39.9 Å². The van der Waals surface area contributed by atoms with Crippen LogP contribution in [0, 0.1) is 0 Å². The van der Waals surface area contributed by atoms with Crippen molar-refractivity contribution in [2.45, 2.75) is 336 Å². The normalized spacial score (nSPS) is 12.9. The predicted molar refractivity (Wildman–Crippen MR) is 403 cm³/mol. The van der Waals surface area contributed by atoms with Gasteiger partial charge in [-0.25, -0.2) is 4.68 Å². The molecule has 0 bridgehead atoms. The summed E-state index contributed by atoms with van der Waals surface area (Å²) in [4.78, 5) is 118.